The molecule has 1 atom stereocenters. The zero-order valence-corrected chi connectivity index (χ0v) is 14.0. The molecule has 1 amide bonds. The number of nitrogens with zero attached hydrogens (tertiary/aromatic N) is 5. The number of H-pyrrole nitrogens is 1. The molecule has 8 heteroatoms. The van der Waals surface area contributed by atoms with Gasteiger partial charge in [-0.25, -0.2) is 15.0 Å². The molecule has 0 aliphatic carbocycles. The first-order valence-corrected chi connectivity index (χ1v) is 8.31. The van der Waals surface area contributed by atoms with Crippen molar-refractivity contribution < 1.29 is 4.79 Å². The predicted molar refractivity (Wildman–Crippen MR) is 95.1 cm³/mol. The summed E-state index contributed by atoms with van der Waals surface area (Å²) in [6.45, 7) is 1.95. The Bertz CT molecular complexity index is 1130. The van der Waals surface area contributed by atoms with E-state index in [-0.39, 0.29) is 11.8 Å². The van der Waals surface area contributed by atoms with Crippen LogP contribution in [0.4, 0.5) is 5.82 Å². The van der Waals surface area contributed by atoms with Crippen molar-refractivity contribution in [1.29, 1.82) is 0 Å². The van der Waals surface area contributed by atoms with Gasteiger partial charge in [0.15, 0.2) is 11.5 Å². The molecule has 4 aromatic rings. The maximum atomic E-state index is 12.4. The van der Waals surface area contributed by atoms with E-state index < -0.39 is 0 Å². The topological polar surface area (TPSA) is 101 Å². The molecule has 0 radical (unpaired) electrons. The van der Waals surface area contributed by atoms with Gasteiger partial charge < -0.3 is 10.3 Å². The van der Waals surface area contributed by atoms with E-state index in [1.807, 2.05) is 37.3 Å². The minimum Gasteiger partial charge on any atom is -0.340 e. The summed E-state index contributed by atoms with van der Waals surface area (Å²) < 4.78 is 1.67. The number of carbonyl (C=O) groups is 1. The molecule has 1 aliphatic rings. The van der Waals surface area contributed by atoms with Gasteiger partial charge in [0, 0.05) is 17.9 Å². The van der Waals surface area contributed by atoms with E-state index in [4.69, 9.17) is 0 Å². The minimum absolute atomic E-state index is 0.0344. The van der Waals surface area contributed by atoms with Gasteiger partial charge in [0.1, 0.15) is 17.7 Å². The van der Waals surface area contributed by atoms with Crippen LogP contribution in [0.3, 0.4) is 0 Å². The van der Waals surface area contributed by atoms with Crippen LogP contribution in [-0.2, 0) is 4.79 Å². The highest BCUT2D eigenvalue weighted by Gasteiger charge is 2.33. The normalized spacial score (nSPS) is 16.5. The number of anilines is 1. The molecule has 0 saturated heterocycles. The molecule has 1 aromatic carbocycles. The zero-order chi connectivity index (χ0) is 17.7. The van der Waals surface area contributed by atoms with Crippen molar-refractivity contribution in [3.63, 3.8) is 0 Å². The van der Waals surface area contributed by atoms with Crippen LogP contribution in [0.15, 0.2) is 43.0 Å². The summed E-state index contributed by atoms with van der Waals surface area (Å²) in [5, 5.41) is 7.64. The van der Waals surface area contributed by atoms with Crippen LogP contribution in [0.2, 0.25) is 0 Å². The second-order valence-electron chi connectivity index (χ2n) is 6.27. The smallest absolute Gasteiger partial charge is 0.226 e. The summed E-state index contributed by atoms with van der Waals surface area (Å²) in [5.74, 6) is 1.14. The summed E-state index contributed by atoms with van der Waals surface area (Å²) in [6, 6.07) is 10.0. The number of aromatic nitrogens is 6. The van der Waals surface area contributed by atoms with Gasteiger partial charge in [-0.15, -0.1) is 0 Å². The van der Waals surface area contributed by atoms with Gasteiger partial charge in [-0.2, -0.15) is 9.78 Å². The first-order valence-electron chi connectivity index (χ1n) is 8.31. The van der Waals surface area contributed by atoms with Crippen LogP contribution in [0.1, 0.15) is 29.2 Å². The standard InChI is InChI=1S/C18H15N7O/c1-10-14-12(11-5-3-2-4-6-11)7-13(26)23-17(14)25(24-10)18-15-16(20-8-19-15)21-9-22-18/h2-6,8-9,12H,7H2,1H3,(H,23,26)(H,19,20,21,22)/t12-/m1/s1. The van der Waals surface area contributed by atoms with Gasteiger partial charge in [-0.1, -0.05) is 30.3 Å². The predicted octanol–water partition coefficient (Wildman–Crippen LogP) is 2.32. The van der Waals surface area contributed by atoms with E-state index in [9.17, 15) is 4.79 Å². The van der Waals surface area contributed by atoms with E-state index in [1.54, 1.807) is 11.0 Å². The first-order chi connectivity index (χ1) is 12.7. The number of carbonyl (C=O) groups excluding carboxylic acids is 1. The minimum atomic E-state index is -0.0394. The van der Waals surface area contributed by atoms with E-state index >= 15 is 0 Å². The van der Waals surface area contributed by atoms with Crippen molar-refractivity contribution in [1.82, 2.24) is 29.7 Å². The van der Waals surface area contributed by atoms with E-state index in [0.29, 0.717) is 29.2 Å². The lowest BCUT2D eigenvalue weighted by molar-refractivity contribution is -0.116. The molecule has 1 aliphatic heterocycles. The van der Waals surface area contributed by atoms with Crippen LogP contribution in [0.25, 0.3) is 17.0 Å². The van der Waals surface area contributed by atoms with Gasteiger partial charge in [-0.3, -0.25) is 4.79 Å². The highest BCUT2D eigenvalue weighted by molar-refractivity contribution is 5.95. The van der Waals surface area contributed by atoms with Gasteiger partial charge >= 0.3 is 0 Å². The number of rotatable bonds is 2. The third-order valence-electron chi connectivity index (χ3n) is 4.71. The second kappa shape index (κ2) is 5.48. The number of hydrogen-bond donors (Lipinski definition) is 2. The van der Waals surface area contributed by atoms with Crippen molar-refractivity contribution in [2.75, 3.05) is 5.32 Å². The maximum absolute atomic E-state index is 12.4. The molecule has 0 fully saturated rings. The molecule has 0 bridgehead atoms. The Balaban J connectivity index is 1.74. The molecule has 3 aromatic heterocycles. The van der Waals surface area contributed by atoms with Crippen LogP contribution in [0, 0.1) is 6.92 Å². The van der Waals surface area contributed by atoms with E-state index in [0.717, 1.165) is 16.8 Å². The Labute approximate surface area is 148 Å². The van der Waals surface area contributed by atoms with E-state index in [1.165, 1.54) is 6.33 Å². The summed E-state index contributed by atoms with van der Waals surface area (Å²) in [5.41, 5.74) is 4.20. The third-order valence-corrected chi connectivity index (χ3v) is 4.71. The molecule has 4 heterocycles. The summed E-state index contributed by atoms with van der Waals surface area (Å²) in [4.78, 5) is 28.1. The zero-order valence-electron chi connectivity index (χ0n) is 14.0. The van der Waals surface area contributed by atoms with Gasteiger partial charge in [-0.05, 0) is 12.5 Å². The van der Waals surface area contributed by atoms with Crippen LogP contribution < -0.4 is 5.32 Å². The van der Waals surface area contributed by atoms with Crippen molar-refractivity contribution in [3.05, 3.63) is 59.8 Å². The molecule has 26 heavy (non-hydrogen) atoms. The molecule has 2 N–H and O–H groups in total. The monoisotopic (exact) mass is 345 g/mol. The average Bonchev–Trinajstić information content (AvgIpc) is 3.26. The number of nitrogens with one attached hydrogen (secondary N) is 2. The maximum Gasteiger partial charge on any atom is 0.226 e. The molecule has 8 nitrogen and oxygen atoms in total. The fourth-order valence-corrected chi connectivity index (χ4v) is 3.58. The number of amides is 1. The van der Waals surface area contributed by atoms with Crippen molar-refractivity contribution in [2.24, 2.45) is 0 Å². The highest BCUT2D eigenvalue weighted by Crippen LogP contribution is 2.40. The summed E-state index contributed by atoms with van der Waals surface area (Å²) >= 11 is 0. The number of hydrogen-bond acceptors (Lipinski definition) is 5. The lowest BCUT2D eigenvalue weighted by atomic mass is 9.86. The molecule has 0 saturated carbocycles. The summed E-state index contributed by atoms with van der Waals surface area (Å²) in [6.07, 6.45) is 3.41. The van der Waals surface area contributed by atoms with Gasteiger partial charge in [0.05, 0.1) is 12.0 Å². The van der Waals surface area contributed by atoms with Crippen LogP contribution >= 0.6 is 0 Å². The second-order valence-corrected chi connectivity index (χ2v) is 6.27. The van der Waals surface area contributed by atoms with Gasteiger partial charge in [0.25, 0.3) is 0 Å². The SMILES string of the molecule is Cc1nn(-c2ncnc3nc[nH]c23)c2c1[C@@H](c1ccccc1)CC(=O)N2. The van der Waals surface area contributed by atoms with Crippen molar-refractivity contribution in [3.8, 4) is 5.82 Å². The lowest BCUT2D eigenvalue weighted by Crippen LogP contribution is -2.25. The van der Waals surface area contributed by atoms with Crippen molar-refractivity contribution in [2.45, 2.75) is 19.3 Å². The molecular formula is C18H15N7O. The quantitative estimate of drug-likeness (QED) is 0.580. The molecule has 5 rings (SSSR count). The Morgan fingerprint density at radius 3 is 2.85 bits per heavy atom. The van der Waals surface area contributed by atoms with Crippen LogP contribution in [0.5, 0.6) is 0 Å². The number of imidazole rings is 1. The first kappa shape index (κ1) is 14.8. The Morgan fingerprint density at radius 1 is 1.15 bits per heavy atom. The Kier molecular flexibility index (Phi) is 3.11. The largest absolute Gasteiger partial charge is 0.340 e. The number of aryl methyl sites for hydroxylation is 1. The Morgan fingerprint density at radius 2 is 2.00 bits per heavy atom. The fraction of sp³-hybridized carbons (Fsp3) is 0.167. The van der Waals surface area contributed by atoms with E-state index in [2.05, 4.69) is 30.4 Å². The lowest BCUT2D eigenvalue weighted by Gasteiger charge is -2.24. The molecule has 0 spiro atoms. The molecule has 0 unspecified atom stereocenters. The highest BCUT2D eigenvalue weighted by atomic mass is 16.1. The number of aromatic amines is 1. The molecular weight excluding hydrogens is 330 g/mol. The average molecular weight is 345 g/mol. The fourth-order valence-electron chi connectivity index (χ4n) is 3.58. The van der Waals surface area contributed by atoms with Crippen molar-refractivity contribution >= 4 is 22.9 Å². The molecule has 128 valence electrons. The Hall–Kier alpha value is -3.55. The summed E-state index contributed by atoms with van der Waals surface area (Å²) in [7, 11) is 0. The number of fused-ring (bicyclic) bond motifs is 2. The number of benzene rings is 1. The third kappa shape index (κ3) is 2.12. The van der Waals surface area contributed by atoms with Crippen LogP contribution in [-0.4, -0.2) is 35.6 Å². The van der Waals surface area contributed by atoms with Gasteiger partial charge in [0.2, 0.25) is 5.91 Å².